The van der Waals surface area contributed by atoms with Crippen LogP contribution in [0.4, 0.5) is 4.79 Å². The summed E-state index contributed by atoms with van der Waals surface area (Å²) in [6.45, 7) is 8.02. The molecule has 0 aliphatic heterocycles. The van der Waals surface area contributed by atoms with Crippen LogP contribution in [-0.2, 0) is 0 Å². The van der Waals surface area contributed by atoms with E-state index in [2.05, 4.69) is 15.6 Å². The first-order valence-corrected chi connectivity index (χ1v) is 8.04. The van der Waals surface area contributed by atoms with Crippen molar-refractivity contribution < 1.29 is 9.90 Å². The number of aromatic nitrogens is 3. The highest BCUT2D eigenvalue weighted by Gasteiger charge is 2.22. The van der Waals surface area contributed by atoms with Gasteiger partial charge in [0.2, 0.25) is 0 Å². The molecule has 2 amide bonds. The number of carbonyl (C=O) groups is 1. The fraction of sp³-hybridized carbons (Fsp3) is 0.471. The molecular formula is C17H25N5O2. The zero-order chi connectivity index (χ0) is 17.7. The molecule has 0 radical (unpaired) electrons. The Morgan fingerprint density at radius 3 is 2.54 bits per heavy atom. The van der Waals surface area contributed by atoms with E-state index >= 15 is 0 Å². The molecular weight excluding hydrogens is 306 g/mol. The summed E-state index contributed by atoms with van der Waals surface area (Å²) in [5.74, 6) is 0. The molecule has 1 unspecified atom stereocenters. The zero-order valence-corrected chi connectivity index (χ0v) is 14.6. The lowest BCUT2D eigenvalue weighted by Gasteiger charge is -2.29. The van der Waals surface area contributed by atoms with Gasteiger partial charge in [-0.05, 0) is 45.4 Å². The number of nitrogens with one attached hydrogen (secondary N) is 1. The van der Waals surface area contributed by atoms with Crippen LogP contribution in [0.2, 0.25) is 0 Å². The highest BCUT2D eigenvalue weighted by molar-refractivity contribution is 5.74. The Morgan fingerprint density at radius 2 is 2.04 bits per heavy atom. The molecule has 0 bridgehead atoms. The second-order valence-corrected chi connectivity index (χ2v) is 6.44. The first-order valence-electron chi connectivity index (χ1n) is 8.04. The third-order valence-electron chi connectivity index (χ3n) is 3.67. The summed E-state index contributed by atoms with van der Waals surface area (Å²) in [4.78, 5) is 14.0. The number of hydrogen-bond acceptors (Lipinski definition) is 4. The number of nitrogens with zero attached hydrogens (tertiary/aromatic N) is 4. The maximum Gasteiger partial charge on any atom is 0.317 e. The molecule has 130 valence electrons. The average molecular weight is 331 g/mol. The van der Waals surface area contributed by atoms with Gasteiger partial charge in [0.1, 0.15) is 0 Å². The van der Waals surface area contributed by atoms with E-state index in [9.17, 15) is 9.90 Å². The van der Waals surface area contributed by atoms with E-state index < -0.39 is 5.60 Å². The molecule has 7 heteroatoms. The molecule has 2 rings (SSSR count). The van der Waals surface area contributed by atoms with E-state index in [0.29, 0.717) is 6.54 Å². The topological polar surface area (TPSA) is 83.3 Å². The van der Waals surface area contributed by atoms with Crippen molar-refractivity contribution in [1.82, 2.24) is 25.2 Å². The van der Waals surface area contributed by atoms with Crippen molar-refractivity contribution >= 4 is 6.03 Å². The van der Waals surface area contributed by atoms with Crippen LogP contribution in [0.1, 0.15) is 39.3 Å². The SMILES string of the molecule is CCN(CC(C)(C)O)C(=O)NC(C)c1ccc(-n2ccnn2)cc1. The summed E-state index contributed by atoms with van der Waals surface area (Å²) in [6.07, 6.45) is 3.40. The molecule has 24 heavy (non-hydrogen) atoms. The summed E-state index contributed by atoms with van der Waals surface area (Å²) in [7, 11) is 0. The third kappa shape index (κ3) is 4.79. The summed E-state index contributed by atoms with van der Waals surface area (Å²) in [5.41, 5.74) is 0.981. The predicted octanol–water partition coefficient (Wildman–Crippen LogP) is 2.13. The van der Waals surface area contributed by atoms with Crippen LogP contribution in [0.25, 0.3) is 5.69 Å². The number of benzene rings is 1. The molecule has 2 aromatic rings. The van der Waals surface area contributed by atoms with Gasteiger partial charge >= 0.3 is 6.03 Å². The Kier molecular flexibility index (Phi) is 5.56. The Balaban J connectivity index is 2.00. The monoisotopic (exact) mass is 331 g/mol. The number of carbonyl (C=O) groups excluding carboxylic acids is 1. The van der Waals surface area contributed by atoms with Gasteiger partial charge in [-0.15, -0.1) is 5.10 Å². The summed E-state index contributed by atoms with van der Waals surface area (Å²) in [6, 6.07) is 7.44. The number of aliphatic hydroxyl groups is 1. The second-order valence-electron chi connectivity index (χ2n) is 6.44. The van der Waals surface area contributed by atoms with Gasteiger partial charge in [0.15, 0.2) is 0 Å². The number of likely N-dealkylation sites (N-methyl/N-ethyl adjacent to an activating group) is 1. The number of rotatable bonds is 6. The van der Waals surface area contributed by atoms with E-state index in [-0.39, 0.29) is 18.6 Å². The fourth-order valence-electron chi connectivity index (χ4n) is 2.42. The highest BCUT2D eigenvalue weighted by Crippen LogP contribution is 2.16. The zero-order valence-electron chi connectivity index (χ0n) is 14.6. The molecule has 1 atom stereocenters. The van der Waals surface area contributed by atoms with Crippen molar-refractivity contribution in [2.75, 3.05) is 13.1 Å². The Morgan fingerprint density at radius 1 is 1.38 bits per heavy atom. The first-order chi connectivity index (χ1) is 11.3. The van der Waals surface area contributed by atoms with Crippen molar-refractivity contribution in [1.29, 1.82) is 0 Å². The van der Waals surface area contributed by atoms with Gasteiger partial charge in [0.25, 0.3) is 0 Å². The maximum absolute atomic E-state index is 12.4. The van der Waals surface area contributed by atoms with Gasteiger partial charge in [-0.1, -0.05) is 17.3 Å². The van der Waals surface area contributed by atoms with Crippen molar-refractivity contribution in [3.63, 3.8) is 0 Å². The van der Waals surface area contributed by atoms with Gasteiger partial charge in [-0.25, -0.2) is 9.48 Å². The standard InChI is InChI=1S/C17H25N5O2/c1-5-21(12-17(3,4)24)16(23)19-13(2)14-6-8-15(9-7-14)22-11-10-18-20-22/h6-11,13,24H,5,12H2,1-4H3,(H,19,23). The fourth-order valence-corrected chi connectivity index (χ4v) is 2.42. The van der Waals surface area contributed by atoms with Crippen molar-refractivity contribution in [3.8, 4) is 5.69 Å². The molecule has 0 aliphatic rings. The lowest BCUT2D eigenvalue weighted by atomic mass is 10.1. The smallest absolute Gasteiger partial charge is 0.317 e. The molecule has 0 saturated carbocycles. The van der Waals surface area contributed by atoms with Gasteiger partial charge in [-0.2, -0.15) is 0 Å². The van der Waals surface area contributed by atoms with Gasteiger partial charge in [0.05, 0.1) is 36.3 Å². The number of amides is 2. The normalized spacial score (nSPS) is 12.7. The van der Waals surface area contributed by atoms with Crippen molar-refractivity contribution in [3.05, 3.63) is 42.2 Å². The molecule has 1 aromatic heterocycles. The number of hydrogen-bond donors (Lipinski definition) is 2. The van der Waals surface area contributed by atoms with Crippen LogP contribution in [0.3, 0.4) is 0 Å². The van der Waals surface area contributed by atoms with Crippen LogP contribution in [0.15, 0.2) is 36.7 Å². The van der Waals surface area contributed by atoms with Gasteiger partial charge in [-0.3, -0.25) is 0 Å². The van der Waals surface area contributed by atoms with E-state index in [0.717, 1.165) is 11.3 Å². The molecule has 0 aliphatic carbocycles. The van der Waals surface area contributed by atoms with E-state index in [1.807, 2.05) is 38.1 Å². The Bertz CT molecular complexity index is 647. The van der Waals surface area contributed by atoms with Crippen LogP contribution < -0.4 is 5.32 Å². The van der Waals surface area contributed by atoms with Crippen molar-refractivity contribution in [2.45, 2.75) is 39.3 Å². The minimum absolute atomic E-state index is 0.141. The summed E-state index contributed by atoms with van der Waals surface area (Å²) >= 11 is 0. The Labute approximate surface area is 142 Å². The van der Waals surface area contributed by atoms with E-state index in [1.165, 1.54) is 0 Å². The number of urea groups is 1. The molecule has 0 saturated heterocycles. The average Bonchev–Trinajstić information content (AvgIpc) is 3.06. The lowest BCUT2D eigenvalue weighted by molar-refractivity contribution is 0.0476. The minimum atomic E-state index is -0.921. The molecule has 1 aromatic carbocycles. The summed E-state index contributed by atoms with van der Waals surface area (Å²) < 4.78 is 1.68. The molecule has 0 spiro atoms. The van der Waals surface area contributed by atoms with Crippen LogP contribution >= 0.6 is 0 Å². The highest BCUT2D eigenvalue weighted by atomic mass is 16.3. The molecule has 1 heterocycles. The maximum atomic E-state index is 12.4. The molecule has 2 N–H and O–H groups in total. The molecule has 0 fully saturated rings. The third-order valence-corrected chi connectivity index (χ3v) is 3.67. The van der Waals surface area contributed by atoms with Crippen LogP contribution in [0.5, 0.6) is 0 Å². The van der Waals surface area contributed by atoms with E-state index in [4.69, 9.17) is 0 Å². The largest absolute Gasteiger partial charge is 0.389 e. The van der Waals surface area contributed by atoms with E-state index in [1.54, 1.807) is 35.8 Å². The minimum Gasteiger partial charge on any atom is -0.389 e. The molecule has 7 nitrogen and oxygen atoms in total. The quantitative estimate of drug-likeness (QED) is 0.849. The Hall–Kier alpha value is -2.41. The van der Waals surface area contributed by atoms with Crippen LogP contribution in [0, 0.1) is 0 Å². The van der Waals surface area contributed by atoms with Gasteiger partial charge in [0, 0.05) is 6.54 Å². The lowest BCUT2D eigenvalue weighted by Crippen LogP contribution is -2.47. The predicted molar refractivity (Wildman–Crippen MR) is 91.9 cm³/mol. The summed E-state index contributed by atoms with van der Waals surface area (Å²) in [5, 5.41) is 20.6. The second kappa shape index (κ2) is 7.44. The van der Waals surface area contributed by atoms with Gasteiger partial charge < -0.3 is 15.3 Å². The first kappa shape index (κ1) is 17.9. The van der Waals surface area contributed by atoms with Crippen LogP contribution in [-0.4, -0.2) is 49.7 Å². The van der Waals surface area contributed by atoms with Crippen molar-refractivity contribution in [2.24, 2.45) is 0 Å².